The largest absolute Gasteiger partial charge is 0.479 e. The molecule has 1 aromatic carbocycles. The van der Waals surface area contributed by atoms with Crippen molar-refractivity contribution in [3.63, 3.8) is 0 Å². The average molecular weight is 393 g/mol. The first-order valence-corrected chi connectivity index (χ1v) is 9.72. The van der Waals surface area contributed by atoms with Crippen LogP contribution in [0.4, 0.5) is 5.95 Å². The van der Waals surface area contributed by atoms with Crippen LogP contribution in [0.15, 0.2) is 30.5 Å². The molecule has 2 N–H and O–H groups in total. The molecule has 9 heteroatoms. The number of nitrogens with one attached hydrogen (secondary N) is 1. The number of anilines is 1. The summed E-state index contributed by atoms with van der Waals surface area (Å²) in [6.07, 6.45) is 4.05. The van der Waals surface area contributed by atoms with E-state index in [4.69, 9.17) is 4.74 Å². The second-order valence-corrected chi connectivity index (χ2v) is 7.71. The van der Waals surface area contributed by atoms with E-state index in [1.54, 1.807) is 16.3 Å². The normalized spacial score (nSPS) is 21.4. The molecule has 4 aromatic rings. The zero-order chi connectivity index (χ0) is 20.2. The molecule has 0 saturated heterocycles. The Balaban J connectivity index is 1.52. The van der Waals surface area contributed by atoms with Crippen LogP contribution >= 0.6 is 0 Å². The van der Waals surface area contributed by atoms with E-state index in [2.05, 4.69) is 31.8 Å². The maximum atomic E-state index is 10.2. The highest BCUT2D eigenvalue weighted by atomic mass is 16.5. The Morgan fingerprint density at radius 2 is 2.14 bits per heavy atom. The molecule has 29 heavy (non-hydrogen) atoms. The van der Waals surface area contributed by atoms with Crippen LogP contribution in [0.2, 0.25) is 0 Å². The first-order chi connectivity index (χ1) is 14.0. The summed E-state index contributed by atoms with van der Waals surface area (Å²) in [4.78, 5) is 4.57. The third-order valence-electron chi connectivity index (χ3n) is 5.84. The second kappa shape index (κ2) is 6.41. The predicted octanol–water partition coefficient (Wildman–Crippen LogP) is 2.40. The number of aliphatic hydroxyl groups is 1. The lowest BCUT2D eigenvalue weighted by atomic mass is 9.74. The smallest absolute Gasteiger partial charge is 0.244 e. The minimum atomic E-state index is -0.564. The van der Waals surface area contributed by atoms with Crippen molar-refractivity contribution in [1.82, 2.24) is 29.6 Å². The molecule has 1 fully saturated rings. The lowest BCUT2D eigenvalue weighted by molar-refractivity contribution is -0.0442. The molecule has 0 unspecified atom stereocenters. The van der Waals surface area contributed by atoms with E-state index in [1.165, 1.54) is 0 Å². The third-order valence-corrected chi connectivity index (χ3v) is 5.84. The number of aromatic nitrogens is 6. The number of rotatable bonds is 5. The Hall–Kier alpha value is -3.20. The summed E-state index contributed by atoms with van der Waals surface area (Å²) in [5.41, 5.74) is 4.02. The summed E-state index contributed by atoms with van der Waals surface area (Å²) in [6, 6.07) is 8.18. The second-order valence-electron chi connectivity index (χ2n) is 7.71. The Labute approximate surface area is 167 Å². The molecule has 3 heterocycles. The van der Waals surface area contributed by atoms with Gasteiger partial charge in [-0.3, -0.25) is 0 Å². The zero-order valence-electron chi connectivity index (χ0n) is 16.6. The molecule has 0 radical (unpaired) electrons. The molecule has 5 rings (SSSR count). The van der Waals surface area contributed by atoms with Gasteiger partial charge in [-0.25, -0.2) is 9.20 Å². The van der Waals surface area contributed by atoms with Crippen LogP contribution in [0.1, 0.15) is 26.2 Å². The average Bonchev–Trinajstić information content (AvgIpc) is 3.29. The van der Waals surface area contributed by atoms with Gasteiger partial charge in [0, 0.05) is 24.8 Å². The van der Waals surface area contributed by atoms with Crippen LogP contribution in [0.3, 0.4) is 0 Å². The number of aryl methyl sites for hydroxylation is 1. The summed E-state index contributed by atoms with van der Waals surface area (Å²) in [5.74, 6) is 0.988. The van der Waals surface area contributed by atoms with Crippen molar-refractivity contribution in [2.24, 2.45) is 7.05 Å². The lowest BCUT2D eigenvalue weighted by Gasteiger charge is -2.43. The molecule has 150 valence electrons. The van der Waals surface area contributed by atoms with Gasteiger partial charge in [0.15, 0.2) is 0 Å². The van der Waals surface area contributed by atoms with Crippen LogP contribution in [0, 0.1) is 0 Å². The van der Waals surface area contributed by atoms with E-state index in [-0.39, 0.29) is 6.04 Å². The number of hydrogen-bond donors (Lipinski definition) is 2. The van der Waals surface area contributed by atoms with Gasteiger partial charge in [-0.15, -0.1) is 10.2 Å². The molecule has 0 atom stereocenters. The van der Waals surface area contributed by atoms with E-state index in [0.717, 1.165) is 34.1 Å². The lowest BCUT2D eigenvalue weighted by Crippen LogP contribution is -2.50. The standard InChI is InChI=1S/C20H23N7O2/c1-4-20(28)10-13(11-20)21-19-22-18(29-3)17-14(7-8-27(17)24-19)12-5-6-15-16(9-12)26(2)25-23-15/h5-9,13,28H,4,10-11H2,1-3H3,(H,21,24). The molecule has 1 saturated carbocycles. The van der Waals surface area contributed by atoms with Gasteiger partial charge in [-0.05, 0) is 43.0 Å². The number of hydrogen-bond acceptors (Lipinski definition) is 7. The van der Waals surface area contributed by atoms with Gasteiger partial charge >= 0.3 is 0 Å². The minimum Gasteiger partial charge on any atom is -0.479 e. The Bertz CT molecular complexity index is 1210. The van der Waals surface area contributed by atoms with E-state index < -0.39 is 5.60 Å². The molecule has 0 bridgehead atoms. The Kier molecular flexibility index (Phi) is 3.95. The molecule has 0 aliphatic heterocycles. The minimum absolute atomic E-state index is 0.164. The number of nitrogens with zero attached hydrogens (tertiary/aromatic N) is 6. The molecular weight excluding hydrogens is 370 g/mol. The van der Waals surface area contributed by atoms with Gasteiger partial charge in [0.05, 0.1) is 18.2 Å². The van der Waals surface area contributed by atoms with Crippen LogP contribution in [-0.4, -0.2) is 53.5 Å². The first-order valence-electron chi connectivity index (χ1n) is 9.72. The first kappa shape index (κ1) is 17.9. The van der Waals surface area contributed by atoms with E-state index >= 15 is 0 Å². The molecule has 1 aliphatic carbocycles. The summed E-state index contributed by atoms with van der Waals surface area (Å²) >= 11 is 0. The van der Waals surface area contributed by atoms with Gasteiger partial charge < -0.3 is 15.2 Å². The predicted molar refractivity (Wildman–Crippen MR) is 109 cm³/mol. The topological polar surface area (TPSA) is 102 Å². The van der Waals surface area contributed by atoms with Crippen molar-refractivity contribution in [2.75, 3.05) is 12.4 Å². The summed E-state index contributed by atoms with van der Waals surface area (Å²) < 4.78 is 9.12. The van der Waals surface area contributed by atoms with Crippen molar-refractivity contribution < 1.29 is 9.84 Å². The van der Waals surface area contributed by atoms with Crippen LogP contribution in [0.5, 0.6) is 5.88 Å². The van der Waals surface area contributed by atoms with Gasteiger partial charge in [0.2, 0.25) is 11.8 Å². The molecule has 3 aromatic heterocycles. The highest BCUT2D eigenvalue weighted by molar-refractivity contribution is 5.89. The fourth-order valence-corrected chi connectivity index (χ4v) is 4.06. The van der Waals surface area contributed by atoms with Crippen molar-refractivity contribution in [2.45, 2.75) is 37.8 Å². The van der Waals surface area contributed by atoms with Gasteiger partial charge in [0.25, 0.3) is 0 Å². The fraction of sp³-hybridized carbons (Fsp3) is 0.400. The number of fused-ring (bicyclic) bond motifs is 2. The SMILES string of the molecule is CCC1(O)CC(Nc2nc(OC)c3c(-c4ccc5nnn(C)c5c4)ccn3n2)C1. The maximum Gasteiger partial charge on any atom is 0.244 e. The van der Waals surface area contributed by atoms with Gasteiger partial charge in [0.1, 0.15) is 11.0 Å². The van der Waals surface area contributed by atoms with Crippen molar-refractivity contribution >= 4 is 22.5 Å². The number of benzene rings is 1. The summed E-state index contributed by atoms with van der Waals surface area (Å²) in [6.45, 7) is 2.00. The van der Waals surface area contributed by atoms with Crippen molar-refractivity contribution in [1.29, 1.82) is 0 Å². The summed E-state index contributed by atoms with van der Waals surface area (Å²) in [5, 5.41) is 26.3. The van der Waals surface area contributed by atoms with Crippen molar-refractivity contribution in [3.05, 3.63) is 30.5 Å². The Morgan fingerprint density at radius 1 is 1.31 bits per heavy atom. The quantitative estimate of drug-likeness (QED) is 0.537. The van der Waals surface area contributed by atoms with E-state index in [9.17, 15) is 5.11 Å². The maximum absolute atomic E-state index is 10.2. The Morgan fingerprint density at radius 3 is 2.90 bits per heavy atom. The van der Waals surface area contributed by atoms with Gasteiger partial charge in [-0.1, -0.05) is 18.2 Å². The molecule has 1 aliphatic rings. The van der Waals surface area contributed by atoms with Crippen LogP contribution < -0.4 is 10.1 Å². The van der Waals surface area contributed by atoms with E-state index in [0.29, 0.717) is 24.7 Å². The fourth-order valence-electron chi connectivity index (χ4n) is 4.06. The number of ether oxygens (including phenoxy) is 1. The molecule has 9 nitrogen and oxygen atoms in total. The molecule has 0 spiro atoms. The highest BCUT2D eigenvalue weighted by Gasteiger charge is 2.41. The van der Waals surface area contributed by atoms with E-state index in [1.807, 2.05) is 38.4 Å². The zero-order valence-corrected chi connectivity index (χ0v) is 16.6. The monoisotopic (exact) mass is 393 g/mol. The van der Waals surface area contributed by atoms with Crippen molar-refractivity contribution in [3.8, 4) is 17.0 Å². The van der Waals surface area contributed by atoms with Crippen LogP contribution in [0.25, 0.3) is 27.7 Å². The highest BCUT2D eigenvalue weighted by Crippen LogP contribution is 2.37. The third kappa shape index (κ3) is 2.89. The van der Waals surface area contributed by atoms with Gasteiger partial charge in [-0.2, -0.15) is 4.98 Å². The number of methoxy groups -OCH3 is 1. The summed E-state index contributed by atoms with van der Waals surface area (Å²) in [7, 11) is 3.48. The van der Waals surface area contributed by atoms with Crippen LogP contribution in [-0.2, 0) is 7.05 Å². The molecule has 0 amide bonds. The molecular formula is C20H23N7O2.